The van der Waals surface area contributed by atoms with Crippen LogP contribution in [-0.4, -0.2) is 50.5 Å². The topological polar surface area (TPSA) is 127 Å². The Morgan fingerprint density at radius 3 is 2.38 bits per heavy atom. The zero-order valence-corrected chi connectivity index (χ0v) is 18.0. The van der Waals surface area contributed by atoms with Gasteiger partial charge in [0.15, 0.2) is 5.78 Å². The number of carbonyl (C=O) groups excluding carboxylic acids is 1. The predicted octanol–water partition coefficient (Wildman–Crippen LogP) is 1.73. The van der Waals surface area contributed by atoms with Crippen molar-refractivity contribution in [3.05, 3.63) is 74.7 Å². The number of ketones is 1. The van der Waals surface area contributed by atoms with E-state index in [0.29, 0.717) is 43.6 Å². The molecule has 0 saturated carbocycles. The molecule has 3 aromatic rings. The van der Waals surface area contributed by atoms with Gasteiger partial charge in [-0.1, -0.05) is 0 Å². The van der Waals surface area contributed by atoms with Crippen molar-refractivity contribution in [1.29, 1.82) is 0 Å². The van der Waals surface area contributed by atoms with Gasteiger partial charge in [-0.05, 0) is 68.4 Å². The van der Waals surface area contributed by atoms with Crippen molar-refractivity contribution in [1.82, 2.24) is 14.5 Å². The van der Waals surface area contributed by atoms with Gasteiger partial charge in [0.05, 0.1) is 10.9 Å². The van der Waals surface area contributed by atoms with E-state index in [2.05, 4.69) is 9.88 Å². The number of aromatic hydroxyl groups is 1. The van der Waals surface area contributed by atoms with E-state index < -0.39 is 11.2 Å². The number of aromatic nitrogens is 2. The number of benzene rings is 2. The molecular weight excluding hydrogens is 441 g/mol. The van der Waals surface area contributed by atoms with Gasteiger partial charge in [-0.3, -0.25) is 14.2 Å². The molecule has 32 heavy (non-hydrogen) atoms. The molecule has 172 valence electrons. The molecule has 0 unspecified atom stereocenters. The lowest BCUT2D eigenvalue weighted by Crippen LogP contribution is -2.42. The largest absolute Gasteiger partial charge is 0.508 e. The van der Waals surface area contributed by atoms with Gasteiger partial charge in [0.25, 0.3) is 5.56 Å². The Bertz CT molecular complexity index is 1200. The average molecular weight is 466 g/mol. The molecule has 4 N–H and O–H groups in total. The third-order valence-electron chi connectivity index (χ3n) is 5.69. The molecule has 1 saturated heterocycles. The van der Waals surface area contributed by atoms with Crippen LogP contribution in [0, 0.1) is 11.7 Å². The van der Waals surface area contributed by atoms with Gasteiger partial charge in [-0.15, -0.1) is 12.4 Å². The molecule has 0 aliphatic carbocycles. The Balaban J connectivity index is 0.00000181. The summed E-state index contributed by atoms with van der Waals surface area (Å²) in [4.78, 5) is 42.3. The molecule has 0 radical (unpaired) electrons. The molecule has 8 nitrogen and oxygen atoms in total. The van der Waals surface area contributed by atoms with E-state index >= 15 is 0 Å². The second-order valence-corrected chi connectivity index (χ2v) is 7.60. The number of halogens is 2. The Labute approximate surface area is 189 Å². The van der Waals surface area contributed by atoms with Gasteiger partial charge >= 0.3 is 5.69 Å². The first-order chi connectivity index (χ1) is 14.4. The molecule has 2 aromatic carbocycles. The predicted molar refractivity (Wildman–Crippen MR) is 121 cm³/mol. The number of H-pyrrole nitrogens is 1. The number of Topliss-reactive ketones (excluding diaryl/α,β-unsaturated/α-hetero) is 1. The fraction of sp³-hybridized carbons (Fsp3) is 0.318. The highest BCUT2D eigenvalue weighted by Crippen LogP contribution is 2.22. The maximum Gasteiger partial charge on any atom is 0.328 e. The number of fused-ring (bicyclic) bond motifs is 1. The monoisotopic (exact) mass is 465 g/mol. The van der Waals surface area contributed by atoms with Crippen molar-refractivity contribution < 1.29 is 19.8 Å². The Morgan fingerprint density at radius 2 is 1.72 bits per heavy atom. The quantitative estimate of drug-likeness (QED) is 0.555. The second kappa shape index (κ2) is 10.5. The third kappa shape index (κ3) is 5.24. The lowest BCUT2D eigenvalue weighted by molar-refractivity contribution is 0.0837. The number of aromatic amines is 1. The molecule has 2 heterocycles. The number of nitrogens with one attached hydrogen (secondary N) is 1. The van der Waals surface area contributed by atoms with E-state index in [-0.39, 0.29) is 53.1 Å². The number of phenols is 1. The first-order valence-corrected chi connectivity index (χ1v) is 9.90. The number of nitrogens with zero attached hydrogens (tertiary/aromatic N) is 2. The number of hydrogen-bond acceptors (Lipinski definition) is 5. The van der Waals surface area contributed by atoms with Gasteiger partial charge in [0.2, 0.25) is 0 Å². The molecule has 0 atom stereocenters. The fourth-order valence-electron chi connectivity index (χ4n) is 3.95. The summed E-state index contributed by atoms with van der Waals surface area (Å²) in [6.07, 6.45) is 1.35. The number of likely N-dealkylation sites (tertiary alicyclic amines) is 1. The summed E-state index contributed by atoms with van der Waals surface area (Å²) in [6.45, 7) is 2.08. The summed E-state index contributed by atoms with van der Waals surface area (Å²) in [7, 11) is 0. The molecule has 1 aliphatic heterocycles. The van der Waals surface area contributed by atoms with Crippen molar-refractivity contribution in [2.45, 2.75) is 19.4 Å². The number of piperidine rings is 1. The fourth-order valence-corrected chi connectivity index (χ4v) is 3.95. The molecule has 0 bridgehead atoms. The zero-order chi connectivity index (χ0) is 21.3. The van der Waals surface area contributed by atoms with Gasteiger partial charge in [-0.2, -0.15) is 0 Å². The lowest BCUT2D eigenvalue weighted by Gasteiger charge is -2.31. The van der Waals surface area contributed by atoms with Crippen LogP contribution in [0.4, 0.5) is 4.39 Å². The maximum atomic E-state index is 13.1. The smallest absolute Gasteiger partial charge is 0.328 e. The van der Waals surface area contributed by atoms with Crippen molar-refractivity contribution in [2.75, 3.05) is 19.6 Å². The van der Waals surface area contributed by atoms with E-state index in [9.17, 15) is 23.9 Å². The molecule has 1 aliphatic rings. The summed E-state index contributed by atoms with van der Waals surface area (Å²) in [5.74, 6) is -0.486. The van der Waals surface area contributed by atoms with Gasteiger partial charge < -0.3 is 20.5 Å². The van der Waals surface area contributed by atoms with E-state index in [0.717, 1.165) is 4.57 Å². The normalized spacial score (nSPS) is 14.5. The van der Waals surface area contributed by atoms with Crippen LogP contribution in [0.2, 0.25) is 0 Å². The Morgan fingerprint density at radius 1 is 1.06 bits per heavy atom. The van der Waals surface area contributed by atoms with Crippen molar-refractivity contribution in [2.24, 2.45) is 5.92 Å². The summed E-state index contributed by atoms with van der Waals surface area (Å²) in [5.41, 5.74) is -0.0166. The Hall–Kier alpha value is -3.01. The number of rotatable bonds is 5. The first-order valence-electron chi connectivity index (χ1n) is 9.90. The molecular formula is C22H25ClFN3O5. The van der Waals surface area contributed by atoms with E-state index in [1.54, 1.807) is 0 Å². The zero-order valence-electron chi connectivity index (χ0n) is 17.2. The maximum absolute atomic E-state index is 13.1. The van der Waals surface area contributed by atoms with Crippen LogP contribution in [0.25, 0.3) is 10.9 Å². The highest BCUT2D eigenvalue weighted by Gasteiger charge is 2.25. The molecule has 0 spiro atoms. The van der Waals surface area contributed by atoms with Gasteiger partial charge in [-0.25, -0.2) is 9.18 Å². The van der Waals surface area contributed by atoms with Crippen LogP contribution < -0.4 is 11.2 Å². The number of carbonyl (C=O) groups is 1. The van der Waals surface area contributed by atoms with E-state index in [4.69, 9.17) is 0 Å². The standard InChI is InChI=1S/C22H22FN3O4.ClH.H2O/c23-16-3-1-14(2-4-16)20(28)15-7-9-25(10-8-15)11-12-26-21(29)18-13-17(27)5-6-19(18)24-22(26)30;;/h1-6,13,15,27H,7-12H2,(H,24,30);1H;1H2. The van der Waals surface area contributed by atoms with E-state index in [1.807, 2.05) is 0 Å². The highest BCUT2D eigenvalue weighted by molar-refractivity contribution is 5.97. The highest BCUT2D eigenvalue weighted by atomic mass is 35.5. The first kappa shape index (κ1) is 25.3. The van der Waals surface area contributed by atoms with Crippen molar-refractivity contribution in [3.63, 3.8) is 0 Å². The van der Waals surface area contributed by atoms with Crippen LogP contribution in [0.5, 0.6) is 5.75 Å². The minimum atomic E-state index is -0.487. The minimum absolute atomic E-state index is 0. The van der Waals surface area contributed by atoms with Crippen molar-refractivity contribution in [3.8, 4) is 5.75 Å². The number of phenolic OH excluding ortho intramolecular Hbond substituents is 1. The van der Waals surface area contributed by atoms with E-state index in [1.165, 1.54) is 42.5 Å². The molecule has 1 aromatic heterocycles. The molecule has 1 fully saturated rings. The third-order valence-corrected chi connectivity index (χ3v) is 5.69. The van der Waals surface area contributed by atoms with Crippen LogP contribution in [0.1, 0.15) is 23.2 Å². The van der Waals surface area contributed by atoms with Crippen LogP contribution in [-0.2, 0) is 6.54 Å². The summed E-state index contributed by atoms with van der Waals surface area (Å²) in [5, 5.41) is 9.88. The van der Waals surface area contributed by atoms with Crippen molar-refractivity contribution >= 4 is 29.1 Å². The summed E-state index contributed by atoms with van der Waals surface area (Å²) in [6, 6.07) is 9.87. The summed E-state index contributed by atoms with van der Waals surface area (Å²) >= 11 is 0. The van der Waals surface area contributed by atoms with Gasteiger partial charge in [0.1, 0.15) is 11.6 Å². The average Bonchev–Trinajstić information content (AvgIpc) is 2.75. The Kier molecular flexibility index (Phi) is 8.31. The lowest BCUT2D eigenvalue weighted by atomic mass is 9.89. The van der Waals surface area contributed by atoms with Crippen LogP contribution in [0.15, 0.2) is 52.1 Å². The second-order valence-electron chi connectivity index (χ2n) is 7.60. The van der Waals surface area contributed by atoms with Crippen LogP contribution in [0.3, 0.4) is 0 Å². The number of hydrogen-bond donors (Lipinski definition) is 2. The van der Waals surface area contributed by atoms with Gasteiger partial charge in [0, 0.05) is 24.6 Å². The molecule has 4 rings (SSSR count). The SMILES string of the molecule is Cl.O.O=C(c1ccc(F)cc1)C1CCN(CCn2c(=O)[nH]c3ccc(O)cc3c2=O)CC1. The summed E-state index contributed by atoms with van der Waals surface area (Å²) < 4.78 is 14.2. The molecule has 10 heteroatoms. The minimum Gasteiger partial charge on any atom is -0.508 e. The molecule has 0 amide bonds. The van der Waals surface area contributed by atoms with Crippen LogP contribution >= 0.6 is 12.4 Å².